The summed E-state index contributed by atoms with van der Waals surface area (Å²) in [7, 11) is 1.92. The maximum Gasteiger partial charge on any atom is 0.302 e. The fraction of sp³-hybridized carbons (Fsp3) is 0.263. The van der Waals surface area contributed by atoms with E-state index in [0.29, 0.717) is 25.1 Å². The van der Waals surface area contributed by atoms with Gasteiger partial charge in [-0.2, -0.15) is 0 Å². The van der Waals surface area contributed by atoms with E-state index in [1.54, 1.807) is 0 Å². The van der Waals surface area contributed by atoms with Crippen molar-refractivity contribution in [2.75, 3.05) is 25.1 Å². The van der Waals surface area contributed by atoms with Gasteiger partial charge in [0.25, 0.3) is 0 Å². The van der Waals surface area contributed by atoms with E-state index in [4.69, 9.17) is 4.74 Å². The molecule has 0 aliphatic heterocycles. The number of likely N-dealkylation sites (N-methyl/N-ethyl adjacent to an activating group) is 1. The summed E-state index contributed by atoms with van der Waals surface area (Å²) in [5.41, 5.74) is 2.69. The summed E-state index contributed by atoms with van der Waals surface area (Å²) in [4.78, 5) is 25.0. The highest BCUT2D eigenvalue weighted by Crippen LogP contribution is 2.15. The molecule has 0 heterocycles. The molecule has 4 heteroatoms. The van der Waals surface area contributed by atoms with Crippen molar-refractivity contribution in [1.82, 2.24) is 0 Å². The number of rotatable bonds is 7. The van der Waals surface area contributed by atoms with E-state index in [9.17, 15) is 9.59 Å². The summed E-state index contributed by atoms with van der Waals surface area (Å²) in [5.74, 6) is -0.175. The predicted octanol–water partition coefficient (Wildman–Crippen LogP) is 3.11. The van der Waals surface area contributed by atoms with E-state index < -0.39 is 0 Å². The molecule has 0 saturated carbocycles. The van der Waals surface area contributed by atoms with Gasteiger partial charge in [0, 0.05) is 31.6 Å². The van der Waals surface area contributed by atoms with Crippen molar-refractivity contribution in [3.63, 3.8) is 0 Å². The van der Waals surface area contributed by atoms with Crippen LogP contribution in [0.5, 0.6) is 0 Å². The summed E-state index contributed by atoms with van der Waals surface area (Å²) < 4.78 is 4.93. The van der Waals surface area contributed by atoms with Gasteiger partial charge in [-0.3, -0.25) is 9.59 Å². The highest BCUT2D eigenvalue weighted by atomic mass is 16.5. The van der Waals surface area contributed by atoms with Gasteiger partial charge in [-0.25, -0.2) is 0 Å². The number of ether oxygens (including phenoxy) is 1. The lowest BCUT2D eigenvalue weighted by Gasteiger charge is -2.19. The first-order chi connectivity index (χ1) is 11.1. The summed E-state index contributed by atoms with van der Waals surface area (Å²) in [6.45, 7) is 2.35. The molecule has 0 unspecified atom stereocenters. The van der Waals surface area contributed by atoms with Crippen LogP contribution in [0, 0.1) is 0 Å². The highest BCUT2D eigenvalue weighted by molar-refractivity contribution is 5.97. The SMILES string of the molecule is CC(=O)OCCN(C)c1ccc(C(=O)Cc2ccccc2)cc1. The number of Topliss-reactive ketones (excluding diaryl/α,β-unsaturated/α-hetero) is 1. The average Bonchev–Trinajstić information content (AvgIpc) is 2.55. The molecule has 2 rings (SSSR count). The fourth-order valence-corrected chi connectivity index (χ4v) is 2.24. The van der Waals surface area contributed by atoms with Gasteiger partial charge in [0.05, 0.1) is 6.54 Å². The second-order valence-electron chi connectivity index (χ2n) is 5.39. The molecule has 0 spiro atoms. The van der Waals surface area contributed by atoms with Crippen LogP contribution in [0.25, 0.3) is 0 Å². The molecule has 0 aromatic heterocycles. The molecule has 0 amide bonds. The molecule has 0 aliphatic rings. The van der Waals surface area contributed by atoms with Crippen LogP contribution < -0.4 is 4.90 Å². The second-order valence-corrected chi connectivity index (χ2v) is 5.39. The van der Waals surface area contributed by atoms with Crippen molar-refractivity contribution in [1.29, 1.82) is 0 Å². The monoisotopic (exact) mass is 311 g/mol. The zero-order valence-electron chi connectivity index (χ0n) is 13.5. The Morgan fingerprint density at radius 2 is 1.65 bits per heavy atom. The molecule has 2 aromatic carbocycles. The second kappa shape index (κ2) is 8.13. The van der Waals surface area contributed by atoms with E-state index in [1.807, 2.05) is 66.5 Å². The van der Waals surface area contributed by atoms with Crippen molar-refractivity contribution in [2.45, 2.75) is 13.3 Å². The van der Waals surface area contributed by atoms with Crippen LogP contribution in [0.15, 0.2) is 54.6 Å². The Bertz CT molecular complexity index is 650. The molecule has 0 bridgehead atoms. The third-order valence-electron chi connectivity index (χ3n) is 3.57. The van der Waals surface area contributed by atoms with Crippen LogP contribution in [0.1, 0.15) is 22.8 Å². The first-order valence-electron chi connectivity index (χ1n) is 7.58. The molecular formula is C19H21NO3. The Labute approximate surface area is 136 Å². The lowest BCUT2D eigenvalue weighted by molar-refractivity contribution is -0.140. The number of benzene rings is 2. The third-order valence-corrected chi connectivity index (χ3v) is 3.57. The Morgan fingerprint density at radius 1 is 1.00 bits per heavy atom. The van der Waals surface area contributed by atoms with Crippen molar-refractivity contribution < 1.29 is 14.3 Å². The van der Waals surface area contributed by atoms with Crippen LogP contribution in [-0.4, -0.2) is 32.0 Å². The van der Waals surface area contributed by atoms with Gasteiger partial charge in [-0.05, 0) is 29.8 Å². The number of esters is 1. The molecule has 0 saturated heterocycles. The first kappa shape index (κ1) is 16.7. The maximum absolute atomic E-state index is 12.3. The van der Waals surface area contributed by atoms with Crippen molar-refractivity contribution in [2.24, 2.45) is 0 Å². The fourth-order valence-electron chi connectivity index (χ4n) is 2.24. The molecule has 0 radical (unpaired) electrons. The molecule has 4 nitrogen and oxygen atoms in total. The van der Waals surface area contributed by atoms with Crippen molar-refractivity contribution >= 4 is 17.4 Å². The highest BCUT2D eigenvalue weighted by Gasteiger charge is 2.08. The minimum atomic E-state index is -0.278. The number of nitrogens with zero attached hydrogens (tertiary/aromatic N) is 1. The average molecular weight is 311 g/mol. The molecule has 0 fully saturated rings. The quantitative estimate of drug-likeness (QED) is 0.582. The van der Waals surface area contributed by atoms with Gasteiger partial charge in [-0.15, -0.1) is 0 Å². The molecule has 0 atom stereocenters. The Balaban J connectivity index is 1.93. The Kier molecular flexibility index (Phi) is 5.92. The number of hydrogen-bond acceptors (Lipinski definition) is 4. The van der Waals surface area contributed by atoms with E-state index in [0.717, 1.165) is 11.3 Å². The van der Waals surface area contributed by atoms with Crippen LogP contribution in [0.2, 0.25) is 0 Å². The molecular weight excluding hydrogens is 290 g/mol. The van der Waals surface area contributed by atoms with Gasteiger partial charge >= 0.3 is 5.97 Å². The van der Waals surface area contributed by atoms with Crippen LogP contribution in [0.4, 0.5) is 5.69 Å². The zero-order valence-corrected chi connectivity index (χ0v) is 13.5. The molecule has 23 heavy (non-hydrogen) atoms. The first-order valence-corrected chi connectivity index (χ1v) is 7.58. The topological polar surface area (TPSA) is 46.6 Å². The number of anilines is 1. The predicted molar refractivity (Wildman–Crippen MR) is 90.8 cm³/mol. The van der Waals surface area contributed by atoms with Crippen molar-refractivity contribution in [3.8, 4) is 0 Å². The van der Waals surface area contributed by atoms with E-state index in [1.165, 1.54) is 6.92 Å². The Morgan fingerprint density at radius 3 is 2.26 bits per heavy atom. The third kappa shape index (κ3) is 5.25. The van der Waals surface area contributed by atoms with Gasteiger partial charge in [0.1, 0.15) is 6.61 Å². The molecule has 2 aromatic rings. The van der Waals surface area contributed by atoms with Crippen LogP contribution >= 0.6 is 0 Å². The van der Waals surface area contributed by atoms with Crippen LogP contribution in [0.3, 0.4) is 0 Å². The summed E-state index contributed by atoms with van der Waals surface area (Å²) in [6.07, 6.45) is 0.405. The van der Waals surface area contributed by atoms with Gasteiger partial charge in [0.2, 0.25) is 0 Å². The lowest BCUT2D eigenvalue weighted by atomic mass is 10.0. The number of carbonyl (C=O) groups is 2. The van der Waals surface area contributed by atoms with Gasteiger partial charge in [-0.1, -0.05) is 30.3 Å². The number of hydrogen-bond donors (Lipinski definition) is 0. The number of ketones is 1. The molecule has 0 N–H and O–H groups in total. The summed E-state index contributed by atoms with van der Waals surface area (Å²) in [5, 5.41) is 0. The maximum atomic E-state index is 12.3. The summed E-state index contributed by atoms with van der Waals surface area (Å²) in [6, 6.07) is 17.2. The minimum absolute atomic E-state index is 0.102. The normalized spacial score (nSPS) is 10.2. The summed E-state index contributed by atoms with van der Waals surface area (Å²) >= 11 is 0. The van der Waals surface area contributed by atoms with E-state index >= 15 is 0 Å². The van der Waals surface area contributed by atoms with E-state index in [-0.39, 0.29) is 11.8 Å². The van der Waals surface area contributed by atoms with E-state index in [2.05, 4.69) is 0 Å². The molecule has 0 aliphatic carbocycles. The standard InChI is InChI=1S/C19H21NO3/c1-15(21)23-13-12-20(2)18-10-8-17(9-11-18)19(22)14-16-6-4-3-5-7-16/h3-11H,12-14H2,1-2H3. The number of carbonyl (C=O) groups excluding carboxylic acids is 2. The van der Waals surface area contributed by atoms with Gasteiger partial charge in [0.15, 0.2) is 5.78 Å². The lowest BCUT2D eigenvalue weighted by Crippen LogP contribution is -2.23. The van der Waals surface area contributed by atoms with Gasteiger partial charge < -0.3 is 9.64 Å². The zero-order chi connectivity index (χ0) is 16.7. The minimum Gasteiger partial charge on any atom is -0.464 e. The Hall–Kier alpha value is -2.62. The van der Waals surface area contributed by atoms with Crippen molar-refractivity contribution in [3.05, 3.63) is 65.7 Å². The molecule has 120 valence electrons. The van der Waals surface area contributed by atoms with Crippen LogP contribution in [-0.2, 0) is 16.0 Å². The largest absolute Gasteiger partial charge is 0.464 e. The smallest absolute Gasteiger partial charge is 0.302 e.